The SMILES string of the molecule is CC(C)N(CCC(=O)O)C(=O)Nc1c(F)cccc1F. The van der Waals surface area contributed by atoms with E-state index in [-0.39, 0.29) is 19.0 Å². The van der Waals surface area contributed by atoms with Gasteiger partial charge in [-0.1, -0.05) is 6.07 Å². The molecule has 1 rings (SSSR count). The first-order valence-electron chi connectivity index (χ1n) is 6.06. The Balaban J connectivity index is 2.83. The van der Waals surface area contributed by atoms with Crippen LogP contribution in [0.15, 0.2) is 18.2 Å². The zero-order valence-corrected chi connectivity index (χ0v) is 11.2. The average molecular weight is 286 g/mol. The van der Waals surface area contributed by atoms with E-state index in [1.165, 1.54) is 11.0 Å². The third kappa shape index (κ3) is 4.18. The quantitative estimate of drug-likeness (QED) is 0.874. The molecule has 0 aliphatic heterocycles. The van der Waals surface area contributed by atoms with Crippen LogP contribution in [-0.4, -0.2) is 34.6 Å². The molecule has 0 atom stereocenters. The molecule has 0 fully saturated rings. The van der Waals surface area contributed by atoms with Gasteiger partial charge in [0.1, 0.15) is 17.3 Å². The largest absolute Gasteiger partial charge is 0.481 e. The number of hydrogen-bond donors (Lipinski definition) is 2. The molecule has 1 aromatic rings. The lowest BCUT2D eigenvalue weighted by Crippen LogP contribution is -2.41. The van der Waals surface area contributed by atoms with Gasteiger partial charge in [0.2, 0.25) is 0 Å². The van der Waals surface area contributed by atoms with Crippen molar-refractivity contribution in [2.45, 2.75) is 26.3 Å². The summed E-state index contributed by atoms with van der Waals surface area (Å²) < 4.78 is 26.8. The van der Waals surface area contributed by atoms with E-state index in [0.29, 0.717) is 0 Å². The number of carbonyl (C=O) groups is 2. The molecule has 0 radical (unpaired) electrons. The van der Waals surface area contributed by atoms with Crippen LogP contribution >= 0.6 is 0 Å². The van der Waals surface area contributed by atoms with Crippen LogP contribution in [0, 0.1) is 11.6 Å². The second-order valence-electron chi connectivity index (χ2n) is 4.46. The predicted molar refractivity (Wildman–Crippen MR) is 69.5 cm³/mol. The molecule has 110 valence electrons. The van der Waals surface area contributed by atoms with Crippen molar-refractivity contribution in [3.8, 4) is 0 Å². The molecule has 0 aromatic heterocycles. The van der Waals surface area contributed by atoms with Gasteiger partial charge >= 0.3 is 12.0 Å². The van der Waals surface area contributed by atoms with Gasteiger partial charge in [-0.15, -0.1) is 0 Å². The fourth-order valence-electron chi connectivity index (χ4n) is 1.61. The zero-order chi connectivity index (χ0) is 15.3. The summed E-state index contributed by atoms with van der Waals surface area (Å²) in [6, 6.07) is 2.19. The Kier molecular flexibility index (Phi) is 5.42. The molecule has 1 aromatic carbocycles. The Morgan fingerprint density at radius 1 is 1.30 bits per heavy atom. The number of rotatable bonds is 5. The Bertz CT molecular complexity index is 486. The highest BCUT2D eigenvalue weighted by atomic mass is 19.1. The molecule has 0 bridgehead atoms. The topological polar surface area (TPSA) is 69.6 Å². The van der Waals surface area contributed by atoms with Crippen LogP contribution in [0.25, 0.3) is 0 Å². The van der Waals surface area contributed by atoms with E-state index in [9.17, 15) is 18.4 Å². The highest BCUT2D eigenvalue weighted by Gasteiger charge is 2.20. The molecule has 7 heteroatoms. The summed E-state index contributed by atoms with van der Waals surface area (Å²) in [7, 11) is 0. The molecule has 0 heterocycles. The van der Waals surface area contributed by atoms with Crippen LogP contribution in [0.1, 0.15) is 20.3 Å². The number of anilines is 1. The lowest BCUT2D eigenvalue weighted by Gasteiger charge is -2.26. The standard InChI is InChI=1S/C13H16F2N2O3/c1-8(2)17(7-6-11(18)19)13(20)16-12-9(14)4-3-5-10(12)15/h3-5,8H,6-7H2,1-2H3,(H,16,20)(H,18,19). The van der Waals surface area contributed by atoms with E-state index in [1.807, 2.05) is 0 Å². The van der Waals surface area contributed by atoms with Crippen LogP contribution in [0.5, 0.6) is 0 Å². The van der Waals surface area contributed by atoms with Gasteiger partial charge < -0.3 is 15.3 Å². The molecule has 20 heavy (non-hydrogen) atoms. The first-order valence-corrected chi connectivity index (χ1v) is 6.06. The van der Waals surface area contributed by atoms with Crippen molar-refractivity contribution in [2.24, 2.45) is 0 Å². The minimum atomic E-state index is -1.06. The number of benzene rings is 1. The summed E-state index contributed by atoms with van der Waals surface area (Å²) in [4.78, 5) is 23.7. The van der Waals surface area contributed by atoms with Gasteiger partial charge in [-0.05, 0) is 26.0 Å². The summed E-state index contributed by atoms with van der Waals surface area (Å²) >= 11 is 0. The molecular formula is C13H16F2N2O3. The first kappa shape index (κ1) is 15.9. The fraction of sp³-hybridized carbons (Fsp3) is 0.385. The van der Waals surface area contributed by atoms with Crippen LogP contribution in [0.2, 0.25) is 0 Å². The molecule has 2 amide bonds. The summed E-state index contributed by atoms with van der Waals surface area (Å²) in [5.41, 5.74) is -0.543. The van der Waals surface area contributed by atoms with Crippen molar-refractivity contribution in [3.63, 3.8) is 0 Å². The number of para-hydroxylation sites is 1. The Labute approximate surface area is 115 Å². The number of nitrogens with one attached hydrogen (secondary N) is 1. The van der Waals surface area contributed by atoms with Crippen LogP contribution < -0.4 is 5.32 Å². The van der Waals surface area contributed by atoms with Crippen molar-refractivity contribution in [1.82, 2.24) is 4.90 Å². The smallest absolute Gasteiger partial charge is 0.322 e. The molecule has 0 aliphatic carbocycles. The van der Waals surface area contributed by atoms with Gasteiger partial charge in [-0.25, -0.2) is 13.6 Å². The third-order valence-electron chi connectivity index (χ3n) is 2.65. The molecule has 5 nitrogen and oxygen atoms in total. The average Bonchev–Trinajstić information content (AvgIpc) is 2.33. The van der Waals surface area contributed by atoms with E-state index in [0.717, 1.165) is 12.1 Å². The highest BCUT2D eigenvalue weighted by molar-refractivity contribution is 5.90. The fourth-order valence-corrected chi connectivity index (χ4v) is 1.61. The number of carbonyl (C=O) groups excluding carboxylic acids is 1. The normalized spacial score (nSPS) is 10.4. The van der Waals surface area contributed by atoms with E-state index in [1.54, 1.807) is 13.8 Å². The Morgan fingerprint density at radius 3 is 2.30 bits per heavy atom. The zero-order valence-electron chi connectivity index (χ0n) is 11.2. The minimum Gasteiger partial charge on any atom is -0.481 e. The molecule has 0 spiro atoms. The van der Waals surface area contributed by atoms with Gasteiger partial charge in [0, 0.05) is 12.6 Å². The number of amides is 2. The van der Waals surface area contributed by atoms with Crippen LogP contribution in [0.4, 0.5) is 19.3 Å². The molecule has 0 unspecified atom stereocenters. The van der Waals surface area contributed by atoms with Crippen LogP contribution in [0.3, 0.4) is 0 Å². The number of aliphatic carboxylic acids is 1. The Hall–Kier alpha value is -2.18. The van der Waals surface area contributed by atoms with Gasteiger partial charge in [0.05, 0.1) is 6.42 Å². The Morgan fingerprint density at radius 2 is 1.85 bits per heavy atom. The summed E-state index contributed by atoms with van der Waals surface area (Å²) in [5, 5.41) is 10.8. The maximum absolute atomic E-state index is 13.4. The number of halogens is 2. The maximum Gasteiger partial charge on any atom is 0.322 e. The molecule has 0 aliphatic rings. The number of carboxylic acids is 1. The molecule has 0 saturated carbocycles. The summed E-state index contributed by atoms with van der Waals surface area (Å²) in [6.07, 6.45) is -0.245. The van der Waals surface area contributed by atoms with Crippen LogP contribution in [-0.2, 0) is 4.79 Å². The van der Waals surface area contributed by atoms with Crippen molar-refractivity contribution in [1.29, 1.82) is 0 Å². The van der Waals surface area contributed by atoms with Crippen molar-refractivity contribution in [3.05, 3.63) is 29.8 Å². The summed E-state index contributed by atoms with van der Waals surface area (Å²) in [5.74, 6) is -2.83. The third-order valence-corrected chi connectivity index (χ3v) is 2.65. The van der Waals surface area contributed by atoms with E-state index >= 15 is 0 Å². The second kappa shape index (κ2) is 6.83. The molecular weight excluding hydrogens is 270 g/mol. The molecule has 2 N–H and O–H groups in total. The molecule has 0 saturated heterocycles. The van der Waals surface area contributed by atoms with Gasteiger partial charge in [-0.3, -0.25) is 4.79 Å². The number of carboxylic acid groups (broad SMARTS) is 1. The maximum atomic E-state index is 13.4. The number of urea groups is 1. The number of nitrogens with zero attached hydrogens (tertiary/aromatic N) is 1. The van der Waals surface area contributed by atoms with Crippen molar-refractivity contribution in [2.75, 3.05) is 11.9 Å². The summed E-state index contributed by atoms with van der Waals surface area (Å²) in [6.45, 7) is 3.31. The lowest BCUT2D eigenvalue weighted by molar-refractivity contribution is -0.137. The van der Waals surface area contributed by atoms with Crippen molar-refractivity contribution >= 4 is 17.7 Å². The van der Waals surface area contributed by atoms with E-state index in [2.05, 4.69) is 5.32 Å². The highest BCUT2D eigenvalue weighted by Crippen LogP contribution is 2.19. The van der Waals surface area contributed by atoms with E-state index < -0.39 is 29.3 Å². The second-order valence-corrected chi connectivity index (χ2v) is 4.46. The van der Waals surface area contributed by atoms with Gasteiger partial charge in [-0.2, -0.15) is 0 Å². The lowest BCUT2D eigenvalue weighted by atomic mass is 10.2. The first-order chi connectivity index (χ1) is 9.32. The van der Waals surface area contributed by atoms with Crippen molar-refractivity contribution < 1.29 is 23.5 Å². The van der Waals surface area contributed by atoms with Gasteiger partial charge in [0.25, 0.3) is 0 Å². The number of hydrogen-bond acceptors (Lipinski definition) is 2. The monoisotopic (exact) mass is 286 g/mol. The van der Waals surface area contributed by atoms with Gasteiger partial charge in [0.15, 0.2) is 0 Å². The van der Waals surface area contributed by atoms with E-state index in [4.69, 9.17) is 5.11 Å². The predicted octanol–water partition coefficient (Wildman–Crippen LogP) is 2.68. The minimum absolute atomic E-state index is 0.0467.